The Hall–Kier alpha value is -2.41. The molecule has 26 heavy (non-hydrogen) atoms. The number of nitrogens with one attached hydrogen (secondary N) is 1. The molecule has 1 aliphatic rings. The molecule has 1 N–H and O–H groups in total. The van der Waals surface area contributed by atoms with Crippen LogP contribution in [0.5, 0.6) is 0 Å². The molecule has 138 valence electrons. The van der Waals surface area contributed by atoms with Crippen molar-refractivity contribution < 1.29 is 4.39 Å². The summed E-state index contributed by atoms with van der Waals surface area (Å²) in [5.74, 6) is 0.868. The second kappa shape index (κ2) is 6.72. The van der Waals surface area contributed by atoms with Crippen LogP contribution in [0.25, 0.3) is 11.0 Å². The van der Waals surface area contributed by atoms with Gasteiger partial charge >= 0.3 is 0 Å². The monoisotopic (exact) mass is 356 g/mol. The van der Waals surface area contributed by atoms with Crippen molar-refractivity contribution in [3.05, 3.63) is 42.0 Å². The molecule has 4 rings (SSSR count). The van der Waals surface area contributed by atoms with Crippen molar-refractivity contribution in [1.82, 2.24) is 24.2 Å². The lowest BCUT2D eigenvalue weighted by molar-refractivity contribution is 0.121. The maximum absolute atomic E-state index is 14.0. The van der Waals surface area contributed by atoms with Crippen LogP contribution in [0.2, 0.25) is 0 Å². The van der Waals surface area contributed by atoms with Crippen LogP contribution in [-0.4, -0.2) is 44.4 Å². The van der Waals surface area contributed by atoms with E-state index in [9.17, 15) is 4.39 Å². The summed E-state index contributed by atoms with van der Waals surface area (Å²) < 4.78 is 17.9. The lowest BCUT2D eigenvalue weighted by Crippen LogP contribution is -2.40. The van der Waals surface area contributed by atoms with Crippen LogP contribution in [0.4, 0.5) is 10.3 Å². The van der Waals surface area contributed by atoms with E-state index in [0.29, 0.717) is 23.4 Å². The van der Waals surface area contributed by atoms with E-state index < -0.39 is 0 Å². The summed E-state index contributed by atoms with van der Waals surface area (Å²) in [4.78, 5) is 6.87. The van der Waals surface area contributed by atoms with E-state index in [1.807, 2.05) is 35.6 Å². The molecule has 7 heteroatoms. The zero-order valence-electron chi connectivity index (χ0n) is 15.5. The van der Waals surface area contributed by atoms with Gasteiger partial charge in [0, 0.05) is 26.8 Å². The molecule has 1 fully saturated rings. The summed E-state index contributed by atoms with van der Waals surface area (Å²) in [5.41, 5.74) is 2.45. The molecule has 2 atom stereocenters. The van der Waals surface area contributed by atoms with E-state index in [4.69, 9.17) is 0 Å². The van der Waals surface area contributed by atoms with Crippen molar-refractivity contribution in [1.29, 1.82) is 0 Å². The minimum absolute atomic E-state index is 0.281. The number of fused-ring (bicyclic) bond motifs is 1. The van der Waals surface area contributed by atoms with Gasteiger partial charge in [0.1, 0.15) is 5.52 Å². The van der Waals surface area contributed by atoms with Gasteiger partial charge in [0.2, 0.25) is 5.95 Å². The highest BCUT2D eigenvalue weighted by atomic mass is 19.1. The van der Waals surface area contributed by atoms with Gasteiger partial charge in [0.25, 0.3) is 0 Å². The number of likely N-dealkylation sites (tertiary alicyclic amines) is 1. The lowest BCUT2D eigenvalue weighted by Gasteiger charge is -2.39. The number of hydrogen-bond donors (Lipinski definition) is 1. The maximum Gasteiger partial charge on any atom is 0.203 e. The van der Waals surface area contributed by atoms with Crippen LogP contribution in [0.3, 0.4) is 0 Å². The maximum atomic E-state index is 14.0. The summed E-state index contributed by atoms with van der Waals surface area (Å²) in [6, 6.07) is 7.48. The van der Waals surface area contributed by atoms with Crippen LogP contribution in [0.1, 0.15) is 24.6 Å². The van der Waals surface area contributed by atoms with Gasteiger partial charge in [-0.1, -0.05) is 6.07 Å². The molecule has 0 unspecified atom stereocenters. The Kier molecular flexibility index (Phi) is 4.40. The number of nitrogens with zero attached hydrogens (tertiary/aromatic N) is 5. The highest BCUT2D eigenvalue weighted by Crippen LogP contribution is 2.35. The number of benzene rings is 1. The van der Waals surface area contributed by atoms with Crippen LogP contribution in [0.15, 0.2) is 30.5 Å². The molecule has 3 heterocycles. The van der Waals surface area contributed by atoms with Gasteiger partial charge in [0.05, 0.1) is 17.3 Å². The molecule has 1 aromatic carbocycles. The van der Waals surface area contributed by atoms with Gasteiger partial charge in [-0.25, -0.2) is 9.37 Å². The molecular weight excluding hydrogens is 331 g/mol. The minimum atomic E-state index is -0.281. The van der Waals surface area contributed by atoms with Gasteiger partial charge in [-0.2, -0.15) is 5.10 Å². The average Bonchev–Trinajstić information content (AvgIpc) is 3.18. The van der Waals surface area contributed by atoms with E-state index in [1.165, 1.54) is 18.2 Å². The van der Waals surface area contributed by atoms with Crippen LogP contribution in [-0.2, 0) is 14.1 Å². The fourth-order valence-electron chi connectivity index (χ4n) is 4.18. The molecule has 0 radical (unpaired) electrons. The van der Waals surface area contributed by atoms with Crippen molar-refractivity contribution in [2.75, 3.05) is 25.5 Å². The van der Waals surface area contributed by atoms with E-state index in [2.05, 4.69) is 33.4 Å². The third kappa shape index (κ3) is 2.86. The van der Waals surface area contributed by atoms with E-state index in [1.54, 1.807) is 6.07 Å². The van der Waals surface area contributed by atoms with Crippen molar-refractivity contribution in [3.8, 4) is 0 Å². The molecule has 0 aliphatic carbocycles. The number of hydrogen-bond acceptors (Lipinski definition) is 4. The van der Waals surface area contributed by atoms with Crippen LogP contribution in [0, 0.1) is 11.7 Å². The van der Waals surface area contributed by atoms with Gasteiger partial charge in [0.15, 0.2) is 5.82 Å². The molecule has 0 amide bonds. The van der Waals surface area contributed by atoms with Crippen molar-refractivity contribution in [2.24, 2.45) is 20.0 Å². The second-order valence-corrected chi connectivity index (χ2v) is 7.19. The predicted molar refractivity (Wildman–Crippen MR) is 100 cm³/mol. The summed E-state index contributed by atoms with van der Waals surface area (Å²) in [6.07, 6.45) is 4.18. The first-order chi connectivity index (χ1) is 12.6. The number of halogens is 1. The third-order valence-electron chi connectivity index (χ3n) is 5.55. The summed E-state index contributed by atoms with van der Waals surface area (Å²) in [7, 11) is 6.09. The minimum Gasteiger partial charge on any atom is -0.355 e. The Morgan fingerprint density at radius 1 is 1.23 bits per heavy atom. The highest BCUT2D eigenvalue weighted by molar-refractivity contribution is 5.79. The highest BCUT2D eigenvalue weighted by Gasteiger charge is 2.32. The number of para-hydroxylation sites is 1. The number of aryl methyl sites for hydroxylation is 2. The molecule has 6 nitrogen and oxygen atoms in total. The molecule has 3 aromatic rings. The second-order valence-electron chi connectivity index (χ2n) is 7.19. The number of rotatable bonds is 4. The van der Waals surface area contributed by atoms with Crippen LogP contribution < -0.4 is 5.32 Å². The normalized spacial score (nSPS) is 21.4. The van der Waals surface area contributed by atoms with Crippen molar-refractivity contribution >= 4 is 17.0 Å². The lowest BCUT2D eigenvalue weighted by atomic mass is 9.87. The molecule has 1 aliphatic heterocycles. The fourth-order valence-corrected chi connectivity index (χ4v) is 4.18. The summed E-state index contributed by atoms with van der Waals surface area (Å²) in [6.45, 7) is 1.88. The quantitative estimate of drug-likeness (QED) is 0.781. The molecule has 0 bridgehead atoms. The number of anilines is 1. The van der Waals surface area contributed by atoms with Crippen molar-refractivity contribution in [2.45, 2.75) is 18.9 Å². The smallest absolute Gasteiger partial charge is 0.203 e. The van der Waals surface area contributed by atoms with Gasteiger partial charge in [-0.15, -0.1) is 0 Å². The summed E-state index contributed by atoms with van der Waals surface area (Å²) in [5, 5.41) is 7.80. The first kappa shape index (κ1) is 17.0. The Balaban J connectivity index is 1.57. The zero-order valence-corrected chi connectivity index (χ0v) is 15.5. The molecule has 0 spiro atoms. The van der Waals surface area contributed by atoms with Gasteiger partial charge < -0.3 is 9.88 Å². The topological polar surface area (TPSA) is 50.9 Å². The molecule has 1 saturated heterocycles. The SMILES string of the molecule is CN1CCC[C@@H](CNc2nc3c(F)cccc3n2C)[C@@H]1c1ccnn1C. The Labute approximate surface area is 152 Å². The standard InChI is InChI=1S/C19H25FN6/c1-24-11-5-6-13(18(24)16-9-10-22-26(16)3)12-21-19-23-17-14(20)7-4-8-15(17)25(19)2/h4,7-10,13,18H,5-6,11-12H2,1-3H3,(H,21,23)/t13-,18+/m0/s1. The Morgan fingerprint density at radius 2 is 2.08 bits per heavy atom. The zero-order chi connectivity index (χ0) is 18.3. The van der Waals surface area contributed by atoms with Crippen molar-refractivity contribution in [3.63, 3.8) is 0 Å². The Morgan fingerprint density at radius 3 is 2.81 bits per heavy atom. The average molecular weight is 356 g/mol. The van der Waals surface area contributed by atoms with Crippen LogP contribution >= 0.6 is 0 Å². The largest absolute Gasteiger partial charge is 0.355 e. The number of imidazole rings is 1. The first-order valence-corrected chi connectivity index (χ1v) is 9.09. The summed E-state index contributed by atoms with van der Waals surface area (Å²) >= 11 is 0. The Bertz CT molecular complexity index is 914. The predicted octanol–water partition coefficient (Wildman–Crippen LogP) is 2.94. The van der Waals surface area contributed by atoms with Gasteiger partial charge in [-0.05, 0) is 50.6 Å². The fraction of sp³-hybridized carbons (Fsp3) is 0.474. The first-order valence-electron chi connectivity index (χ1n) is 9.09. The van der Waals surface area contributed by atoms with Gasteiger partial charge in [-0.3, -0.25) is 9.58 Å². The molecule has 0 saturated carbocycles. The van der Waals surface area contributed by atoms with E-state index >= 15 is 0 Å². The van der Waals surface area contributed by atoms with E-state index in [-0.39, 0.29) is 5.82 Å². The molecule has 2 aromatic heterocycles. The third-order valence-corrected chi connectivity index (χ3v) is 5.55. The molecular formula is C19H25FN6. The van der Waals surface area contributed by atoms with E-state index in [0.717, 1.165) is 25.0 Å². The number of aromatic nitrogens is 4. The number of piperidine rings is 1.